The molecule has 0 bridgehead atoms. The molecule has 0 unspecified atom stereocenters. The van der Waals surface area contributed by atoms with Crippen LogP contribution in [0.25, 0.3) is 11.1 Å². The number of fused-ring (bicyclic) bond motifs is 1. The average molecular weight is 258 g/mol. The van der Waals surface area contributed by atoms with Crippen molar-refractivity contribution in [1.82, 2.24) is 0 Å². The molecule has 0 aliphatic heterocycles. The minimum absolute atomic E-state index is 0.145. The first-order valence-electron chi connectivity index (χ1n) is 6.17. The van der Waals surface area contributed by atoms with Crippen molar-refractivity contribution in [2.75, 3.05) is 0 Å². The Morgan fingerprint density at radius 2 is 2.00 bits per heavy atom. The second-order valence-electron chi connectivity index (χ2n) is 4.64. The third-order valence-electron chi connectivity index (χ3n) is 3.50. The molecule has 1 aliphatic carbocycles. The number of aryl methyl sites for hydroxylation is 1. The van der Waals surface area contributed by atoms with Crippen LogP contribution in [0.5, 0.6) is 5.75 Å². The highest BCUT2D eigenvalue weighted by Crippen LogP contribution is 2.34. The van der Waals surface area contributed by atoms with E-state index in [4.69, 9.17) is 11.6 Å². The largest absolute Gasteiger partial charge is 0.506 e. The quantitative estimate of drug-likeness (QED) is 0.803. The third kappa shape index (κ3) is 1.99. The van der Waals surface area contributed by atoms with Gasteiger partial charge in [0.05, 0.1) is 5.02 Å². The van der Waals surface area contributed by atoms with Crippen LogP contribution in [-0.2, 0) is 12.8 Å². The van der Waals surface area contributed by atoms with Gasteiger partial charge in [-0.3, -0.25) is 0 Å². The Labute approximate surface area is 112 Å². The molecule has 0 spiro atoms. The SMILES string of the molecule is Oc1cc(-c2cccc3c2C[CH]CC3)ccc1Cl. The number of halogens is 1. The molecule has 0 aromatic heterocycles. The van der Waals surface area contributed by atoms with Crippen molar-refractivity contribution < 1.29 is 5.11 Å². The summed E-state index contributed by atoms with van der Waals surface area (Å²) in [5, 5.41) is 10.1. The van der Waals surface area contributed by atoms with Crippen LogP contribution in [0.2, 0.25) is 5.02 Å². The summed E-state index contributed by atoms with van der Waals surface area (Å²) in [7, 11) is 0. The molecular formula is C16H14ClO. The number of aromatic hydroxyl groups is 1. The van der Waals surface area contributed by atoms with Crippen LogP contribution in [0.3, 0.4) is 0 Å². The predicted molar refractivity (Wildman–Crippen MR) is 74.9 cm³/mol. The number of hydrogen-bond acceptors (Lipinski definition) is 1. The second kappa shape index (κ2) is 4.66. The van der Waals surface area contributed by atoms with Gasteiger partial charge in [0.1, 0.15) is 5.75 Å². The van der Waals surface area contributed by atoms with E-state index in [0.29, 0.717) is 5.02 Å². The van der Waals surface area contributed by atoms with E-state index in [9.17, 15) is 5.11 Å². The Bertz CT molecular complexity index is 590. The monoisotopic (exact) mass is 257 g/mol. The molecule has 1 nitrogen and oxygen atoms in total. The Kier molecular flexibility index (Phi) is 3.00. The number of phenolic OH excluding ortho intramolecular Hbond substituents is 1. The molecule has 0 atom stereocenters. The van der Waals surface area contributed by atoms with Crippen molar-refractivity contribution >= 4 is 11.6 Å². The molecule has 0 fully saturated rings. The highest BCUT2D eigenvalue weighted by atomic mass is 35.5. The number of benzene rings is 2. The van der Waals surface area contributed by atoms with Crippen LogP contribution in [0.15, 0.2) is 36.4 Å². The van der Waals surface area contributed by atoms with Gasteiger partial charge in [0, 0.05) is 0 Å². The summed E-state index contributed by atoms with van der Waals surface area (Å²) in [6.07, 6.45) is 5.60. The van der Waals surface area contributed by atoms with Crippen LogP contribution >= 0.6 is 11.6 Å². The molecule has 0 heterocycles. The fraction of sp³-hybridized carbons (Fsp3) is 0.188. The zero-order chi connectivity index (χ0) is 12.5. The lowest BCUT2D eigenvalue weighted by atomic mass is 9.86. The molecule has 18 heavy (non-hydrogen) atoms. The van der Waals surface area contributed by atoms with E-state index in [1.165, 1.54) is 16.7 Å². The first-order valence-corrected chi connectivity index (χ1v) is 6.55. The summed E-state index contributed by atoms with van der Waals surface area (Å²) >= 11 is 5.86. The molecule has 2 aromatic carbocycles. The van der Waals surface area contributed by atoms with Gasteiger partial charge in [0.25, 0.3) is 0 Å². The van der Waals surface area contributed by atoms with E-state index in [1.807, 2.05) is 6.07 Å². The minimum atomic E-state index is 0.145. The van der Waals surface area contributed by atoms with Crippen molar-refractivity contribution in [2.24, 2.45) is 0 Å². The van der Waals surface area contributed by atoms with Crippen molar-refractivity contribution in [1.29, 1.82) is 0 Å². The summed E-state index contributed by atoms with van der Waals surface area (Å²) < 4.78 is 0. The Hall–Kier alpha value is -1.47. The summed E-state index contributed by atoms with van der Waals surface area (Å²) in [4.78, 5) is 0. The van der Waals surface area contributed by atoms with Crippen LogP contribution in [0, 0.1) is 6.42 Å². The average Bonchev–Trinajstić information content (AvgIpc) is 2.41. The fourth-order valence-electron chi connectivity index (χ4n) is 2.56. The molecule has 1 N–H and O–H groups in total. The van der Waals surface area contributed by atoms with Gasteiger partial charge >= 0.3 is 0 Å². The molecule has 0 amide bonds. The van der Waals surface area contributed by atoms with E-state index >= 15 is 0 Å². The lowest BCUT2D eigenvalue weighted by Crippen LogP contribution is -2.04. The van der Waals surface area contributed by atoms with Gasteiger partial charge in [-0.1, -0.05) is 35.9 Å². The van der Waals surface area contributed by atoms with Gasteiger partial charge in [-0.15, -0.1) is 0 Å². The van der Waals surface area contributed by atoms with Gasteiger partial charge in [0.2, 0.25) is 0 Å². The Morgan fingerprint density at radius 3 is 2.83 bits per heavy atom. The van der Waals surface area contributed by atoms with Crippen LogP contribution < -0.4 is 0 Å². The van der Waals surface area contributed by atoms with Gasteiger partial charge < -0.3 is 5.11 Å². The van der Waals surface area contributed by atoms with Gasteiger partial charge in [-0.25, -0.2) is 0 Å². The fourth-order valence-corrected chi connectivity index (χ4v) is 2.68. The van der Waals surface area contributed by atoms with E-state index in [-0.39, 0.29) is 5.75 Å². The third-order valence-corrected chi connectivity index (χ3v) is 3.82. The molecule has 2 heteroatoms. The molecule has 1 aliphatic rings. The summed E-state index contributed by atoms with van der Waals surface area (Å²) in [6, 6.07) is 11.9. The first-order chi connectivity index (χ1) is 8.75. The molecule has 0 saturated heterocycles. The maximum atomic E-state index is 9.73. The number of hydrogen-bond donors (Lipinski definition) is 1. The minimum Gasteiger partial charge on any atom is -0.506 e. The van der Waals surface area contributed by atoms with Crippen molar-refractivity contribution in [3.05, 3.63) is 59.0 Å². The number of phenols is 1. The predicted octanol–water partition coefficient (Wildman–Crippen LogP) is 4.41. The first kappa shape index (κ1) is 11.6. The van der Waals surface area contributed by atoms with Crippen LogP contribution in [0.4, 0.5) is 0 Å². The van der Waals surface area contributed by atoms with E-state index < -0.39 is 0 Å². The summed E-state index contributed by atoms with van der Waals surface area (Å²) in [6.45, 7) is 0. The van der Waals surface area contributed by atoms with Gasteiger partial charge in [-0.2, -0.15) is 0 Å². The second-order valence-corrected chi connectivity index (χ2v) is 5.05. The maximum absolute atomic E-state index is 9.73. The van der Waals surface area contributed by atoms with Crippen molar-refractivity contribution in [3.8, 4) is 16.9 Å². The Balaban J connectivity index is 2.13. The zero-order valence-corrected chi connectivity index (χ0v) is 10.7. The summed E-state index contributed by atoms with van der Waals surface area (Å²) in [5.74, 6) is 0.145. The van der Waals surface area contributed by atoms with Gasteiger partial charge in [0.15, 0.2) is 0 Å². The maximum Gasteiger partial charge on any atom is 0.134 e. The molecule has 2 aromatic rings. The normalized spacial score (nSPS) is 14.3. The van der Waals surface area contributed by atoms with Crippen LogP contribution in [0.1, 0.15) is 17.5 Å². The standard InChI is InChI=1S/C16H14ClO/c17-15-9-8-12(10-16(15)18)14-7-3-5-11-4-1-2-6-13(11)14/h2-3,5,7-10,18H,1,4,6H2. The van der Waals surface area contributed by atoms with Crippen LogP contribution in [-0.4, -0.2) is 5.11 Å². The topological polar surface area (TPSA) is 20.2 Å². The van der Waals surface area contributed by atoms with Crippen molar-refractivity contribution in [2.45, 2.75) is 19.3 Å². The summed E-state index contributed by atoms with van der Waals surface area (Å²) in [5.41, 5.74) is 5.04. The van der Waals surface area contributed by atoms with E-state index in [0.717, 1.165) is 24.8 Å². The van der Waals surface area contributed by atoms with Gasteiger partial charge in [-0.05, 0) is 60.1 Å². The van der Waals surface area contributed by atoms with E-state index in [1.54, 1.807) is 12.1 Å². The molecule has 91 valence electrons. The zero-order valence-electron chi connectivity index (χ0n) is 9.99. The molecule has 0 saturated carbocycles. The lowest BCUT2D eigenvalue weighted by Gasteiger charge is -2.19. The smallest absolute Gasteiger partial charge is 0.134 e. The highest BCUT2D eigenvalue weighted by Gasteiger charge is 2.14. The molecule has 1 radical (unpaired) electrons. The molecular weight excluding hydrogens is 244 g/mol. The highest BCUT2D eigenvalue weighted by molar-refractivity contribution is 6.32. The molecule has 3 rings (SSSR count). The lowest BCUT2D eigenvalue weighted by molar-refractivity contribution is 0.476. The Morgan fingerprint density at radius 1 is 1.11 bits per heavy atom. The van der Waals surface area contributed by atoms with Crippen molar-refractivity contribution in [3.63, 3.8) is 0 Å². The van der Waals surface area contributed by atoms with E-state index in [2.05, 4.69) is 24.6 Å². The number of rotatable bonds is 1.